The number of amides is 1. The van der Waals surface area contributed by atoms with Gasteiger partial charge in [-0.1, -0.05) is 12.1 Å². The summed E-state index contributed by atoms with van der Waals surface area (Å²) in [5, 5.41) is 0. The Kier molecular flexibility index (Phi) is 4.89. The van der Waals surface area contributed by atoms with Gasteiger partial charge in [-0.25, -0.2) is 0 Å². The minimum atomic E-state index is 0. The zero-order chi connectivity index (χ0) is 13.2. The highest BCUT2D eigenvalue weighted by Gasteiger charge is 2.32. The van der Waals surface area contributed by atoms with Crippen molar-refractivity contribution < 1.29 is 4.79 Å². The van der Waals surface area contributed by atoms with Crippen LogP contribution >= 0.6 is 12.4 Å². The summed E-state index contributed by atoms with van der Waals surface area (Å²) in [6.45, 7) is 4.02. The molecule has 4 nitrogen and oxygen atoms in total. The molecule has 0 aliphatic carbocycles. The van der Waals surface area contributed by atoms with Crippen molar-refractivity contribution in [3.8, 4) is 0 Å². The first kappa shape index (κ1) is 15.1. The quantitative estimate of drug-likeness (QED) is 0.842. The Hall–Kier alpha value is -1.26. The Labute approximate surface area is 126 Å². The van der Waals surface area contributed by atoms with Crippen LogP contribution in [0.15, 0.2) is 24.3 Å². The number of carbonyl (C=O) groups excluding carboxylic acids is 1. The molecule has 2 heterocycles. The number of halogens is 1. The van der Waals surface area contributed by atoms with Crippen LogP contribution < -0.4 is 5.73 Å². The van der Waals surface area contributed by atoms with Gasteiger partial charge >= 0.3 is 0 Å². The van der Waals surface area contributed by atoms with Gasteiger partial charge in [-0.15, -0.1) is 12.4 Å². The van der Waals surface area contributed by atoms with Gasteiger partial charge in [0.05, 0.1) is 6.42 Å². The largest absolute Gasteiger partial charge is 0.399 e. The standard InChI is InChI=1S/C15H21N3O.ClH/c16-13-4-1-3-12(9-13)10-15(19)18-8-7-17-6-2-5-14(17)11-18;/h1,3-4,9,14H,2,5-8,10-11,16H2;1H. The molecule has 110 valence electrons. The van der Waals surface area contributed by atoms with Crippen LogP contribution in [-0.2, 0) is 11.2 Å². The lowest BCUT2D eigenvalue weighted by Crippen LogP contribution is -2.52. The van der Waals surface area contributed by atoms with E-state index in [1.54, 1.807) is 0 Å². The van der Waals surface area contributed by atoms with Crippen LogP contribution in [0.2, 0.25) is 0 Å². The van der Waals surface area contributed by atoms with Crippen molar-refractivity contribution >= 4 is 24.0 Å². The molecule has 0 radical (unpaired) electrons. The monoisotopic (exact) mass is 295 g/mol. The molecule has 0 aromatic heterocycles. The molecule has 3 rings (SSSR count). The fourth-order valence-corrected chi connectivity index (χ4v) is 3.21. The van der Waals surface area contributed by atoms with Gasteiger partial charge in [0.25, 0.3) is 0 Å². The van der Waals surface area contributed by atoms with Crippen molar-refractivity contribution in [1.29, 1.82) is 0 Å². The fraction of sp³-hybridized carbons (Fsp3) is 0.533. The number of benzene rings is 1. The third kappa shape index (κ3) is 3.25. The molecular weight excluding hydrogens is 274 g/mol. The van der Waals surface area contributed by atoms with Gasteiger partial charge in [-0.2, -0.15) is 0 Å². The van der Waals surface area contributed by atoms with Crippen molar-refractivity contribution in [2.24, 2.45) is 0 Å². The summed E-state index contributed by atoms with van der Waals surface area (Å²) in [6, 6.07) is 8.22. The minimum absolute atomic E-state index is 0. The second-order valence-corrected chi connectivity index (χ2v) is 5.59. The lowest BCUT2D eigenvalue weighted by atomic mass is 10.1. The van der Waals surface area contributed by atoms with E-state index in [2.05, 4.69) is 4.90 Å². The van der Waals surface area contributed by atoms with Crippen molar-refractivity contribution in [2.45, 2.75) is 25.3 Å². The summed E-state index contributed by atoms with van der Waals surface area (Å²) in [4.78, 5) is 16.9. The van der Waals surface area contributed by atoms with E-state index in [1.165, 1.54) is 19.4 Å². The van der Waals surface area contributed by atoms with Gasteiger partial charge in [0, 0.05) is 31.4 Å². The molecule has 1 atom stereocenters. The molecule has 2 saturated heterocycles. The average Bonchev–Trinajstić information content (AvgIpc) is 2.85. The zero-order valence-electron chi connectivity index (χ0n) is 11.6. The van der Waals surface area contributed by atoms with E-state index in [0.717, 1.165) is 30.9 Å². The molecule has 20 heavy (non-hydrogen) atoms. The number of carbonyl (C=O) groups is 1. The number of hydrogen-bond donors (Lipinski definition) is 1. The van der Waals surface area contributed by atoms with Crippen molar-refractivity contribution in [3.05, 3.63) is 29.8 Å². The van der Waals surface area contributed by atoms with Crippen molar-refractivity contribution in [1.82, 2.24) is 9.80 Å². The third-order valence-corrected chi connectivity index (χ3v) is 4.25. The molecule has 1 amide bonds. The Morgan fingerprint density at radius 3 is 2.95 bits per heavy atom. The summed E-state index contributed by atoms with van der Waals surface area (Å²) >= 11 is 0. The summed E-state index contributed by atoms with van der Waals surface area (Å²) in [5.74, 6) is 0.233. The Balaban J connectivity index is 0.00000147. The van der Waals surface area contributed by atoms with Crippen LogP contribution in [0.3, 0.4) is 0 Å². The molecule has 0 saturated carbocycles. The molecule has 2 aliphatic heterocycles. The maximum atomic E-state index is 12.3. The van der Waals surface area contributed by atoms with Crippen LogP contribution in [-0.4, -0.2) is 47.9 Å². The Bertz CT molecular complexity index is 480. The van der Waals surface area contributed by atoms with E-state index in [9.17, 15) is 4.79 Å². The summed E-state index contributed by atoms with van der Waals surface area (Å²) in [6.07, 6.45) is 2.99. The van der Waals surface area contributed by atoms with E-state index in [4.69, 9.17) is 5.73 Å². The number of anilines is 1. The zero-order valence-corrected chi connectivity index (χ0v) is 12.4. The number of nitrogens with two attached hydrogens (primary N) is 1. The first-order valence-electron chi connectivity index (χ1n) is 7.08. The molecular formula is C15H22ClN3O. The van der Waals surface area contributed by atoms with E-state index >= 15 is 0 Å². The van der Waals surface area contributed by atoms with Crippen LogP contribution in [0.1, 0.15) is 18.4 Å². The van der Waals surface area contributed by atoms with Crippen molar-refractivity contribution in [3.63, 3.8) is 0 Å². The Morgan fingerprint density at radius 1 is 1.30 bits per heavy atom. The summed E-state index contributed by atoms with van der Waals surface area (Å²) in [5.41, 5.74) is 7.49. The number of piperazine rings is 1. The van der Waals surface area contributed by atoms with Crippen LogP contribution in [0.5, 0.6) is 0 Å². The van der Waals surface area contributed by atoms with Gasteiger partial charge < -0.3 is 10.6 Å². The van der Waals surface area contributed by atoms with E-state index < -0.39 is 0 Å². The molecule has 2 aliphatic rings. The highest BCUT2D eigenvalue weighted by Crippen LogP contribution is 2.22. The first-order valence-corrected chi connectivity index (χ1v) is 7.08. The number of rotatable bonds is 2. The predicted octanol–water partition coefficient (Wildman–Crippen LogP) is 1.54. The van der Waals surface area contributed by atoms with Gasteiger partial charge in [0.1, 0.15) is 0 Å². The third-order valence-electron chi connectivity index (χ3n) is 4.25. The lowest BCUT2D eigenvalue weighted by molar-refractivity contribution is -0.133. The van der Waals surface area contributed by atoms with Gasteiger partial charge in [-0.3, -0.25) is 9.69 Å². The summed E-state index contributed by atoms with van der Waals surface area (Å²) < 4.78 is 0. The molecule has 1 aromatic rings. The molecule has 5 heteroatoms. The summed E-state index contributed by atoms with van der Waals surface area (Å²) in [7, 11) is 0. The highest BCUT2D eigenvalue weighted by atomic mass is 35.5. The Morgan fingerprint density at radius 2 is 2.15 bits per heavy atom. The normalized spacial score (nSPS) is 22.2. The van der Waals surface area contributed by atoms with Crippen LogP contribution in [0.25, 0.3) is 0 Å². The maximum absolute atomic E-state index is 12.3. The molecule has 0 bridgehead atoms. The number of nitrogens with zero attached hydrogens (tertiary/aromatic N) is 2. The number of fused-ring (bicyclic) bond motifs is 1. The lowest BCUT2D eigenvalue weighted by Gasteiger charge is -2.37. The van der Waals surface area contributed by atoms with Gasteiger partial charge in [-0.05, 0) is 37.1 Å². The SMILES string of the molecule is Cl.Nc1cccc(CC(=O)N2CCN3CCCC3C2)c1. The highest BCUT2D eigenvalue weighted by molar-refractivity contribution is 5.85. The van der Waals surface area contributed by atoms with E-state index in [0.29, 0.717) is 12.5 Å². The maximum Gasteiger partial charge on any atom is 0.227 e. The van der Waals surface area contributed by atoms with Crippen LogP contribution in [0, 0.1) is 0 Å². The van der Waals surface area contributed by atoms with Gasteiger partial charge in [0.15, 0.2) is 0 Å². The molecule has 1 unspecified atom stereocenters. The van der Waals surface area contributed by atoms with Gasteiger partial charge in [0.2, 0.25) is 5.91 Å². The predicted molar refractivity (Wildman–Crippen MR) is 83.0 cm³/mol. The second-order valence-electron chi connectivity index (χ2n) is 5.59. The van der Waals surface area contributed by atoms with E-state index in [1.807, 2.05) is 29.2 Å². The smallest absolute Gasteiger partial charge is 0.227 e. The van der Waals surface area contributed by atoms with Crippen LogP contribution in [0.4, 0.5) is 5.69 Å². The van der Waals surface area contributed by atoms with Crippen molar-refractivity contribution in [2.75, 3.05) is 31.9 Å². The number of hydrogen-bond acceptors (Lipinski definition) is 3. The second kappa shape index (κ2) is 6.46. The molecule has 0 spiro atoms. The molecule has 1 aromatic carbocycles. The fourth-order valence-electron chi connectivity index (χ4n) is 3.21. The number of nitrogen functional groups attached to an aromatic ring is 1. The first-order chi connectivity index (χ1) is 9.22. The topological polar surface area (TPSA) is 49.6 Å². The average molecular weight is 296 g/mol. The molecule has 2 fully saturated rings. The molecule has 2 N–H and O–H groups in total. The minimum Gasteiger partial charge on any atom is -0.399 e. The van der Waals surface area contributed by atoms with E-state index in [-0.39, 0.29) is 18.3 Å².